The molecule has 0 aromatic heterocycles. The topological polar surface area (TPSA) is 35.2 Å². The fraction of sp³-hybridized carbons (Fsp3) is 0.200. The second-order valence-corrected chi connectivity index (χ2v) is 4.83. The summed E-state index contributed by atoms with van der Waals surface area (Å²) in [4.78, 5) is 0. The predicted octanol–water partition coefficient (Wildman–Crippen LogP) is 4.40. The molecule has 2 N–H and O–H groups in total. The Kier molecular flexibility index (Phi) is 4.75. The van der Waals surface area contributed by atoms with Gasteiger partial charge in [0.25, 0.3) is 0 Å². The number of para-hydroxylation sites is 1. The molecule has 21 heavy (non-hydrogen) atoms. The lowest BCUT2D eigenvalue weighted by molar-refractivity contribution is -0.137. The smallest absolute Gasteiger partial charge is 0.416 e. The highest BCUT2D eigenvalue weighted by molar-refractivity contribution is 6.32. The Balaban J connectivity index is 2.18. The third-order valence-electron chi connectivity index (χ3n) is 2.91. The van der Waals surface area contributed by atoms with Crippen LogP contribution in [0.15, 0.2) is 42.5 Å². The predicted molar refractivity (Wildman–Crippen MR) is 75.1 cm³/mol. The summed E-state index contributed by atoms with van der Waals surface area (Å²) in [6.45, 7) is 0.221. The molecule has 0 aliphatic heterocycles. The van der Waals surface area contributed by atoms with Crippen molar-refractivity contribution in [1.29, 1.82) is 0 Å². The zero-order chi connectivity index (χ0) is 15.5. The Morgan fingerprint density at radius 1 is 1.10 bits per heavy atom. The number of benzene rings is 2. The molecule has 0 heterocycles. The summed E-state index contributed by atoms with van der Waals surface area (Å²) in [6.07, 6.45) is -4.37. The largest absolute Gasteiger partial charge is 0.487 e. The number of nitrogens with two attached hydrogens (primary N) is 1. The van der Waals surface area contributed by atoms with Crippen LogP contribution in [0.25, 0.3) is 0 Å². The van der Waals surface area contributed by atoms with Gasteiger partial charge in [0.05, 0.1) is 10.6 Å². The summed E-state index contributed by atoms with van der Waals surface area (Å²) in [6, 6.07) is 10.1. The van der Waals surface area contributed by atoms with Gasteiger partial charge in [-0.2, -0.15) is 13.2 Å². The minimum atomic E-state index is -4.37. The quantitative estimate of drug-likeness (QED) is 0.907. The van der Waals surface area contributed by atoms with Gasteiger partial charge in [0.1, 0.15) is 12.4 Å². The first-order valence-corrected chi connectivity index (χ1v) is 6.56. The summed E-state index contributed by atoms with van der Waals surface area (Å²) >= 11 is 6.02. The average Bonchev–Trinajstić information content (AvgIpc) is 2.45. The molecule has 0 spiro atoms. The molecule has 0 fully saturated rings. The third-order valence-corrected chi connectivity index (χ3v) is 3.20. The van der Waals surface area contributed by atoms with E-state index in [1.54, 1.807) is 24.3 Å². The maximum absolute atomic E-state index is 12.6. The number of ether oxygens (including phenoxy) is 1. The van der Waals surface area contributed by atoms with Crippen LogP contribution in [0.5, 0.6) is 5.75 Å². The molecule has 2 aromatic carbocycles. The van der Waals surface area contributed by atoms with Crippen molar-refractivity contribution in [3.63, 3.8) is 0 Å². The van der Waals surface area contributed by atoms with Crippen LogP contribution in [0.3, 0.4) is 0 Å². The zero-order valence-electron chi connectivity index (χ0n) is 11.0. The highest BCUT2D eigenvalue weighted by Crippen LogP contribution is 2.31. The lowest BCUT2D eigenvalue weighted by Crippen LogP contribution is -2.07. The van der Waals surface area contributed by atoms with Gasteiger partial charge in [0, 0.05) is 12.1 Å². The van der Waals surface area contributed by atoms with Crippen LogP contribution in [0.1, 0.15) is 16.7 Å². The van der Waals surface area contributed by atoms with Crippen LogP contribution in [-0.2, 0) is 19.3 Å². The van der Waals surface area contributed by atoms with Crippen molar-refractivity contribution in [2.24, 2.45) is 5.73 Å². The van der Waals surface area contributed by atoms with Crippen LogP contribution in [0.4, 0.5) is 13.2 Å². The van der Waals surface area contributed by atoms with Gasteiger partial charge in [-0.25, -0.2) is 0 Å². The second-order valence-electron chi connectivity index (χ2n) is 4.42. The average molecular weight is 316 g/mol. The van der Waals surface area contributed by atoms with Gasteiger partial charge in [-0.15, -0.1) is 0 Å². The maximum Gasteiger partial charge on any atom is 0.416 e. The van der Waals surface area contributed by atoms with Crippen LogP contribution in [0, 0.1) is 0 Å². The fourth-order valence-corrected chi connectivity index (χ4v) is 2.12. The first-order valence-electron chi connectivity index (χ1n) is 6.18. The van der Waals surface area contributed by atoms with Gasteiger partial charge in [0.2, 0.25) is 0 Å². The van der Waals surface area contributed by atoms with E-state index in [4.69, 9.17) is 22.1 Å². The summed E-state index contributed by atoms with van der Waals surface area (Å²) in [5.74, 6) is 0.402. The van der Waals surface area contributed by atoms with Gasteiger partial charge < -0.3 is 10.5 Å². The van der Waals surface area contributed by atoms with E-state index in [0.717, 1.165) is 12.1 Å². The van der Waals surface area contributed by atoms with E-state index >= 15 is 0 Å². The lowest BCUT2D eigenvalue weighted by atomic mass is 10.1. The van der Waals surface area contributed by atoms with Gasteiger partial charge in [0.15, 0.2) is 0 Å². The second kappa shape index (κ2) is 6.37. The van der Waals surface area contributed by atoms with Crippen molar-refractivity contribution < 1.29 is 17.9 Å². The van der Waals surface area contributed by atoms with Gasteiger partial charge in [-0.1, -0.05) is 35.9 Å². The minimum absolute atomic E-state index is 0.0132. The van der Waals surface area contributed by atoms with Crippen molar-refractivity contribution in [3.05, 3.63) is 64.2 Å². The number of alkyl halides is 3. The number of rotatable bonds is 4. The molecule has 0 atom stereocenters. The van der Waals surface area contributed by atoms with Gasteiger partial charge in [-0.3, -0.25) is 0 Å². The molecule has 0 unspecified atom stereocenters. The molecular weight excluding hydrogens is 303 g/mol. The van der Waals surface area contributed by atoms with Crippen molar-refractivity contribution >= 4 is 11.6 Å². The number of halogens is 4. The monoisotopic (exact) mass is 315 g/mol. The van der Waals surface area contributed by atoms with E-state index in [-0.39, 0.29) is 13.2 Å². The first kappa shape index (κ1) is 15.7. The Bertz CT molecular complexity index is 629. The minimum Gasteiger partial charge on any atom is -0.487 e. The number of hydrogen-bond acceptors (Lipinski definition) is 2. The highest BCUT2D eigenvalue weighted by atomic mass is 35.5. The Hall–Kier alpha value is -1.72. The maximum atomic E-state index is 12.6. The van der Waals surface area contributed by atoms with Crippen LogP contribution >= 0.6 is 11.6 Å². The normalized spacial score (nSPS) is 11.5. The standard InChI is InChI=1S/C15H13ClF3NO/c16-13-6-2-4-11(8-20)14(13)21-9-10-3-1-5-12(7-10)15(17,18)19/h1-7H,8-9,20H2. The molecule has 0 saturated carbocycles. The summed E-state index contributed by atoms with van der Waals surface area (Å²) in [5, 5.41) is 0.380. The van der Waals surface area contributed by atoms with Crippen molar-refractivity contribution in [1.82, 2.24) is 0 Å². The third kappa shape index (κ3) is 3.89. The molecule has 0 aliphatic rings. The fourth-order valence-electron chi connectivity index (χ4n) is 1.87. The molecule has 0 bridgehead atoms. The number of hydrogen-bond donors (Lipinski definition) is 1. The lowest BCUT2D eigenvalue weighted by Gasteiger charge is -2.13. The van der Waals surface area contributed by atoms with Crippen LogP contribution in [-0.4, -0.2) is 0 Å². The molecule has 0 amide bonds. The molecule has 0 radical (unpaired) electrons. The van der Waals surface area contributed by atoms with E-state index in [2.05, 4.69) is 0 Å². The Labute approximate surface area is 125 Å². The molecule has 2 rings (SSSR count). The van der Waals surface area contributed by atoms with E-state index in [1.807, 2.05) is 0 Å². The first-order chi connectivity index (χ1) is 9.91. The molecule has 2 aromatic rings. The molecular formula is C15H13ClF3NO. The summed E-state index contributed by atoms with van der Waals surface area (Å²) in [5.41, 5.74) is 5.99. The van der Waals surface area contributed by atoms with Crippen molar-refractivity contribution in [3.8, 4) is 5.75 Å². The van der Waals surface area contributed by atoms with Crippen molar-refractivity contribution in [2.45, 2.75) is 19.3 Å². The van der Waals surface area contributed by atoms with Gasteiger partial charge in [-0.05, 0) is 23.8 Å². The molecule has 6 heteroatoms. The summed E-state index contributed by atoms with van der Waals surface area (Å²) in [7, 11) is 0. The zero-order valence-corrected chi connectivity index (χ0v) is 11.7. The Morgan fingerprint density at radius 2 is 1.81 bits per heavy atom. The SMILES string of the molecule is NCc1cccc(Cl)c1OCc1cccc(C(F)(F)F)c1. The van der Waals surface area contributed by atoms with E-state index < -0.39 is 11.7 Å². The highest BCUT2D eigenvalue weighted by Gasteiger charge is 2.30. The van der Waals surface area contributed by atoms with E-state index in [1.165, 1.54) is 6.07 Å². The van der Waals surface area contributed by atoms with Crippen molar-refractivity contribution in [2.75, 3.05) is 0 Å². The Morgan fingerprint density at radius 3 is 2.48 bits per heavy atom. The summed E-state index contributed by atoms with van der Waals surface area (Å²) < 4.78 is 43.4. The molecule has 0 saturated heterocycles. The molecule has 2 nitrogen and oxygen atoms in total. The van der Waals surface area contributed by atoms with Crippen LogP contribution in [0.2, 0.25) is 5.02 Å². The van der Waals surface area contributed by atoms with Crippen LogP contribution < -0.4 is 10.5 Å². The van der Waals surface area contributed by atoms with E-state index in [9.17, 15) is 13.2 Å². The van der Waals surface area contributed by atoms with E-state index in [0.29, 0.717) is 21.9 Å². The molecule has 0 aliphatic carbocycles. The molecule has 112 valence electrons. The van der Waals surface area contributed by atoms with Gasteiger partial charge >= 0.3 is 6.18 Å².